The highest BCUT2D eigenvalue weighted by atomic mass is 16.6. The van der Waals surface area contributed by atoms with Gasteiger partial charge in [0.1, 0.15) is 0 Å². The number of methoxy groups -OCH3 is 2. The van der Waals surface area contributed by atoms with Crippen LogP contribution in [0.25, 0.3) is 0 Å². The normalized spacial score (nSPS) is 43.7. The lowest BCUT2D eigenvalue weighted by Gasteiger charge is -2.61. The minimum Gasteiger partial charge on any atom is -0.464 e. The average Bonchev–Trinajstić information content (AvgIpc) is 3.62. The highest BCUT2D eigenvalue weighted by Gasteiger charge is 2.87. The molecule has 10 atom stereocenters. The third-order valence-corrected chi connectivity index (χ3v) is 10.2. The first-order chi connectivity index (χ1) is 19.8. The van der Waals surface area contributed by atoms with E-state index in [9.17, 15) is 19.2 Å². The van der Waals surface area contributed by atoms with Gasteiger partial charge in [-0.2, -0.15) is 10.2 Å². The van der Waals surface area contributed by atoms with Crippen LogP contribution in [0.1, 0.15) is 17.5 Å². The number of azo groups is 2. The van der Waals surface area contributed by atoms with E-state index >= 15 is 0 Å². The summed E-state index contributed by atoms with van der Waals surface area (Å²) >= 11 is 0. The molecule has 4 fully saturated rings. The summed E-state index contributed by atoms with van der Waals surface area (Å²) in [5, 5.41) is 17.8. The molecule has 2 saturated heterocycles. The van der Waals surface area contributed by atoms with Crippen LogP contribution in [0.3, 0.4) is 0 Å². The smallest absolute Gasteiger partial charge is 0.376 e. The fraction of sp³-hybridized carbons (Fsp3) is 0.448. The van der Waals surface area contributed by atoms with E-state index in [0.717, 1.165) is 0 Å². The molecule has 6 heterocycles. The molecule has 2 aliphatic carbocycles. The minimum absolute atomic E-state index is 0.425. The van der Waals surface area contributed by atoms with Gasteiger partial charge in [-0.25, -0.2) is 19.2 Å². The zero-order valence-corrected chi connectivity index (χ0v) is 22.0. The predicted molar refractivity (Wildman–Crippen MR) is 133 cm³/mol. The summed E-state index contributed by atoms with van der Waals surface area (Å²) in [7, 11) is 2.38. The summed E-state index contributed by atoms with van der Waals surface area (Å²) in [5.74, 6) is -6.80. The molecule has 2 aromatic rings. The van der Waals surface area contributed by atoms with Crippen molar-refractivity contribution in [2.24, 2.45) is 56.0 Å². The Labute approximate surface area is 233 Å². The van der Waals surface area contributed by atoms with Gasteiger partial charge in [0, 0.05) is 23.7 Å². The molecule has 208 valence electrons. The molecule has 12 heteroatoms. The number of fused-ring (bicyclic) bond motifs is 4. The molecule has 2 saturated carbocycles. The molecule has 0 aromatic heterocycles. The zero-order chi connectivity index (χ0) is 28.4. The first-order valence-corrected chi connectivity index (χ1v) is 13.4. The second-order valence-electron chi connectivity index (χ2n) is 11.5. The molecule has 10 rings (SSSR count). The number of esters is 4. The van der Waals surface area contributed by atoms with Crippen LogP contribution in [0.2, 0.25) is 0 Å². The van der Waals surface area contributed by atoms with E-state index in [2.05, 4.69) is 20.5 Å². The van der Waals surface area contributed by atoms with Gasteiger partial charge >= 0.3 is 35.3 Å². The van der Waals surface area contributed by atoms with Crippen molar-refractivity contribution in [3.63, 3.8) is 0 Å². The van der Waals surface area contributed by atoms with E-state index in [1.807, 2.05) is 12.1 Å². The maximum Gasteiger partial charge on any atom is 0.376 e. The van der Waals surface area contributed by atoms with E-state index in [-0.39, 0.29) is 0 Å². The van der Waals surface area contributed by atoms with Gasteiger partial charge in [0.05, 0.1) is 14.2 Å². The largest absolute Gasteiger partial charge is 0.464 e. The third kappa shape index (κ3) is 2.45. The van der Waals surface area contributed by atoms with Crippen molar-refractivity contribution in [2.75, 3.05) is 14.2 Å². The average molecular weight is 557 g/mol. The number of rotatable bonds is 4. The van der Waals surface area contributed by atoms with E-state index in [0.29, 0.717) is 17.5 Å². The van der Waals surface area contributed by atoms with E-state index < -0.39 is 81.9 Å². The van der Waals surface area contributed by atoms with Crippen LogP contribution in [0.4, 0.5) is 0 Å². The quantitative estimate of drug-likeness (QED) is 0.411. The molecular formula is C29H24N4O8. The first kappa shape index (κ1) is 24.3. The number of hydrogen-bond acceptors (Lipinski definition) is 12. The molecule has 8 aliphatic rings. The molecule has 0 spiro atoms. The topological polar surface area (TPSA) is 155 Å². The van der Waals surface area contributed by atoms with Crippen LogP contribution in [-0.4, -0.2) is 49.5 Å². The van der Waals surface area contributed by atoms with E-state index in [4.69, 9.17) is 18.9 Å². The number of ether oxygens (including phenoxy) is 4. The lowest BCUT2D eigenvalue weighted by molar-refractivity contribution is -0.260. The van der Waals surface area contributed by atoms with Crippen LogP contribution >= 0.6 is 0 Å². The molecule has 0 N–H and O–H groups in total. The van der Waals surface area contributed by atoms with Crippen LogP contribution in [0.5, 0.6) is 0 Å². The fourth-order valence-corrected chi connectivity index (χ4v) is 9.01. The van der Waals surface area contributed by atoms with Crippen LogP contribution in [-0.2, 0) is 49.2 Å². The summed E-state index contributed by atoms with van der Waals surface area (Å²) in [6.45, 7) is 0. The summed E-state index contributed by atoms with van der Waals surface area (Å²) < 4.78 is 22.1. The summed E-state index contributed by atoms with van der Waals surface area (Å²) in [6, 6.07) is 17.9. The third-order valence-electron chi connectivity index (χ3n) is 10.2. The highest BCUT2D eigenvalue weighted by molar-refractivity contribution is 5.94. The Morgan fingerprint density at radius 3 is 1.41 bits per heavy atom. The van der Waals surface area contributed by atoms with Crippen molar-refractivity contribution in [3.8, 4) is 0 Å². The van der Waals surface area contributed by atoms with Crippen molar-refractivity contribution in [1.82, 2.24) is 0 Å². The number of carbonyl (C=O) groups is 4. The summed E-state index contributed by atoms with van der Waals surface area (Å²) in [5.41, 5.74) is -6.11. The maximum atomic E-state index is 14.0. The Morgan fingerprint density at radius 1 is 0.659 bits per heavy atom. The molecule has 2 unspecified atom stereocenters. The summed E-state index contributed by atoms with van der Waals surface area (Å²) in [6.07, 6.45) is 0.425. The Hall–Kier alpha value is -4.48. The summed E-state index contributed by atoms with van der Waals surface area (Å²) in [4.78, 5) is 54.8. The van der Waals surface area contributed by atoms with Crippen molar-refractivity contribution in [2.45, 2.75) is 28.9 Å². The van der Waals surface area contributed by atoms with Crippen molar-refractivity contribution >= 4 is 23.9 Å². The standard InChI is InChI=1S/C29H24N4O8/c1-38-24(36)28-20-17-13-16(18(20)26(30-32-28,22(34)40-28)14-9-5-3-6-10-14)19-21(17)29(25(37)39-2)33-31-27(19,23(35)41-29)15-11-7-4-8-12-15/h3-12,16-21H,13H2,1-2H3/t16?,17?,18-,19+,20+,21-,26-,27+,28+,29-. The van der Waals surface area contributed by atoms with Gasteiger partial charge in [0.15, 0.2) is 0 Å². The van der Waals surface area contributed by atoms with Gasteiger partial charge in [-0.15, -0.1) is 10.2 Å². The lowest BCUT2D eigenvalue weighted by atomic mass is 9.49. The van der Waals surface area contributed by atoms with Gasteiger partial charge in [-0.1, -0.05) is 60.7 Å². The number of carbonyl (C=O) groups excluding carboxylic acids is 4. The molecule has 12 nitrogen and oxygen atoms in total. The Bertz CT molecular complexity index is 1480. The second kappa shape index (κ2) is 7.62. The fourth-order valence-electron chi connectivity index (χ4n) is 9.01. The van der Waals surface area contributed by atoms with Crippen molar-refractivity contribution in [1.29, 1.82) is 0 Å². The SMILES string of the molecule is COC(=O)[C@]12N=N[C@](c3ccccc3)(C(=O)O1)[C@H]1C3CC([C@H]12)[C@H]1[C@@H]3[C@@]2(c3ccccc3)N=N[C@]1(C(=O)OC)OC2=O. The number of hydrogen-bond donors (Lipinski definition) is 0. The maximum absolute atomic E-state index is 14.0. The van der Waals surface area contributed by atoms with Gasteiger partial charge in [-0.05, 0) is 29.4 Å². The molecule has 0 amide bonds. The van der Waals surface area contributed by atoms with Gasteiger partial charge in [0.25, 0.3) is 0 Å². The lowest BCUT2D eigenvalue weighted by Crippen LogP contribution is -2.75. The zero-order valence-electron chi connectivity index (χ0n) is 22.0. The minimum atomic E-state index is -2.05. The van der Waals surface area contributed by atoms with Crippen LogP contribution < -0.4 is 0 Å². The second-order valence-corrected chi connectivity index (χ2v) is 11.5. The van der Waals surface area contributed by atoms with Crippen molar-refractivity contribution < 1.29 is 38.1 Å². The van der Waals surface area contributed by atoms with Gasteiger partial charge < -0.3 is 18.9 Å². The Balaban J connectivity index is 1.41. The van der Waals surface area contributed by atoms with E-state index in [1.165, 1.54) is 14.2 Å². The highest BCUT2D eigenvalue weighted by Crippen LogP contribution is 2.77. The molecule has 6 aliphatic heterocycles. The Kier molecular flexibility index (Phi) is 4.52. The van der Waals surface area contributed by atoms with Gasteiger partial charge in [0.2, 0.25) is 11.1 Å². The number of benzene rings is 2. The molecule has 41 heavy (non-hydrogen) atoms. The van der Waals surface area contributed by atoms with Crippen LogP contribution in [0.15, 0.2) is 81.1 Å². The number of nitrogens with zero attached hydrogens (tertiary/aromatic N) is 4. The molecule has 6 bridgehead atoms. The Morgan fingerprint density at radius 2 is 1.05 bits per heavy atom. The van der Waals surface area contributed by atoms with Gasteiger partial charge in [-0.3, -0.25) is 0 Å². The molecule has 2 aromatic carbocycles. The van der Waals surface area contributed by atoms with E-state index in [1.54, 1.807) is 48.5 Å². The monoisotopic (exact) mass is 556 g/mol. The van der Waals surface area contributed by atoms with Crippen molar-refractivity contribution in [3.05, 3.63) is 71.8 Å². The predicted octanol–water partition coefficient (Wildman–Crippen LogP) is 2.68. The molecule has 0 radical (unpaired) electrons. The molecular weight excluding hydrogens is 532 g/mol. The van der Waals surface area contributed by atoms with Crippen LogP contribution in [0, 0.1) is 35.5 Å². The first-order valence-electron chi connectivity index (χ1n) is 13.4.